The number of rotatable bonds is 4. The first-order chi connectivity index (χ1) is 9.79. The summed E-state index contributed by atoms with van der Waals surface area (Å²) in [6.45, 7) is 2.78. The Bertz CT molecular complexity index is 687. The van der Waals surface area contributed by atoms with Crippen LogP contribution in [0.3, 0.4) is 0 Å². The van der Waals surface area contributed by atoms with Crippen LogP contribution in [-0.4, -0.2) is 24.4 Å². The lowest BCUT2D eigenvalue weighted by atomic mass is 10.2. The van der Waals surface area contributed by atoms with E-state index in [1.807, 2.05) is 60.3 Å². The molecule has 5 nitrogen and oxygen atoms in total. The first kappa shape index (κ1) is 12.6. The molecule has 3 rings (SSSR count). The molecule has 1 N–H and O–H groups in total. The minimum atomic E-state index is -0.810. The van der Waals surface area contributed by atoms with Gasteiger partial charge >= 0.3 is 0 Å². The van der Waals surface area contributed by atoms with Crippen molar-refractivity contribution >= 4 is 0 Å². The minimum absolute atomic E-state index is 0.592. The van der Waals surface area contributed by atoms with Gasteiger partial charge in [0.15, 0.2) is 6.10 Å². The Morgan fingerprint density at radius 1 is 1.15 bits per heavy atom. The van der Waals surface area contributed by atoms with Crippen LogP contribution in [0.5, 0.6) is 0 Å². The third kappa shape index (κ3) is 2.23. The van der Waals surface area contributed by atoms with E-state index >= 15 is 0 Å². The number of imidazole rings is 1. The van der Waals surface area contributed by atoms with E-state index in [1.54, 1.807) is 10.9 Å². The van der Waals surface area contributed by atoms with Gasteiger partial charge in [0.1, 0.15) is 5.82 Å². The van der Waals surface area contributed by atoms with Crippen molar-refractivity contribution in [2.24, 2.45) is 0 Å². The number of hydrogen-bond donors (Lipinski definition) is 1. The van der Waals surface area contributed by atoms with Crippen LogP contribution in [0.15, 0.2) is 55.0 Å². The van der Waals surface area contributed by atoms with Gasteiger partial charge in [0.05, 0.1) is 11.4 Å². The highest BCUT2D eigenvalue weighted by molar-refractivity contribution is 5.31. The molecule has 0 aliphatic heterocycles. The fraction of sp³-hybridized carbons (Fsp3) is 0.200. The summed E-state index contributed by atoms with van der Waals surface area (Å²) in [6, 6.07) is 11.6. The minimum Gasteiger partial charge on any atom is -0.379 e. The summed E-state index contributed by atoms with van der Waals surface area (Å²) in [5.41, 5.74) is 1.56. The average Bonchev–Trinajstić information content (AvgIpc) is 3.16. The molecule has 0 spiro atoms. The van der Waals surface area contributed by atoms with Crippen LogP contribution >= 0.6 is 0 Å². The molecule has 1 unspecified atom stereocenters. The standard InChI is InChI=1S/C15H16N4O/c1-2-18-11-9-16-15(18)14(20)13-8-10-19(17-13)12-6-4-3-5-7-12/h3-11,14,20H,2H2,1H3. The lowest BCUT2D eigenvalue weighted by Gasteiger charge is -2.09. The van der Waals surface area contributed by atoms with Crippen LogP contribution in [0.1, 0.15) is 24.5 Å². The van der Waals surface area contributed by atoms with E-state index in [9.17, 15) is 5.11 Å². The zero-order chi connectivity index (χ0) is 13.9. The Kier molecular flexibility index (Phi) is 3.35. The summed E-state index contributed by atoms with van der Waals surface area (Å²) < 4.78 is 3.66. The van der Waals surface area contributed by atoms with Crippen LogP contribution in [0.25, 0.3) is 5.69 Å². The Morgan fingerprint density at radius 2 is 1.95 bits per heavy atom. The van der Waals surface area contributed by atoms with Gasteiger partial charge < -0.3 is 9.67 Å². The zero-order valence-electron chi connectivity index (χ0n) is 11.2. The second-order valence-electron chi connectivity index (χ2n) is 4.49. The molecule has 3 aromatic rings. The number of nitrogens with zero attached hydrogens (tertiary/aromatic N) is 4. The average molecular weight is 268 g/mol. The predicted molar refractivity (Wildman–Crippen MR) is 75.5 cm³/mol. The third-order valence-corrected chi connectivity index (χ3v) is 3.24. The summed E-state index contributed by atoms with van der Waals surface area (Å²) in [6.07, 6.45) is 4.57. The Morgan fingerprint density at radius 3 is 2.70 bits per heavy atom. The van der Waals surface area contributed by atoms with Crippen LogP contribution in [-0.2, 0) is 6.54 Å². The van der Waals surface area contributed by atoms with Gasteiger partial charge in [0.25, 0.3) is 0 Å². The quantitative estimate of drug-likeness (QED) is 0.789. The van der Waals surface area contributed by atoms with Crippen molar-refractivity contribution in [2.45, 2.75) is 19.6 Å². The van der Waals surface area contributed by atoms with E-state index in [-0.39, 0.29) is 0 Å². The summed E-state index contributed by atoms with van der Waals surface area (Å²) in [7, 11) is 0. The molecule has 1 atom stereocenters. The fourth-order valence-corrected chi connectivity index (χ4v) is 2.18. The Hall–Kier alpha value is -2.40. The van der Waals surface area contributed by atoms with Crippen LogP contribution in [0.4, 0.5) is 0 Å². The molecule has 5 heteroatoms. The van der Waals surface area contributed by atoms with Gasteiger partial charge in [0.2, 0.25) is 0 Å². The lowest BCUT2D eigenvalue weighted by Crippen LogP contribution is -2.10. The molecule has 0 radical (unpaired) electrons. The number of benzene rings is 1. The maximum atomic E-state index is 10.4. The predicted octanol–water partition coefficient (Wildman–Crippen LogP) is 2.17. The number of aliphatic hydroxyl groups excluding tert-OH is 1. The Labute approximate surface area is 117 Å². The number of aliphatic hydroxyl groups is 1. The normalized spacial score (nSPS) is 12.5. The van der Waals surface area contributed by atoms with E-state index < -0.39 is 6.10 Å². The second kappa shape index (κ2) is 5.30. The molecule has 0 fully saturated rings. The van der Waals surface area contributed by atoms with Gasteiger partial charge in [-0.1, -0.05) is 18.2 Å². The van der Waals surface area contributed by atoms with Crippen molar-refractivity contribution in [2.75, 3.05) is 0 Å². The number of hydrogen-bond acceptors (Lipinski definition) is 3. The molecular weight excluding hydrogens is 252 g/mol. The van der Waals surface area contributed by atoms with Gasteiger partial charge in [-0.2, -0.15) is 5.10 Å². The maximum Gasteiger partial charge on any atom is 0.155 e. The van der Waals surface area contributed by atoms with Crippen molar-refractivity contribution in [3.05, 3.63) is 66.5 Å². The molecule has 102 valence electrons. The van der Waals surface area contributed by atoms with Crippen molar-refractivity contribution in [1.29, 1.82) is 0 Å². The molecule has 0 saturated carbocycles. The third-order valence-electron chi connectivity index (χ3n) is 3.24. The van der Waals surface area contributed by atoms with E-state index in [0.29, 0.717) is 11.5 Å². The summed E-state index contributed by atoms with van der Waals surface area (Å²) >= 11 is 0. The first-order valence-electron chi connectivity index (χ1n) is 6.59. The zero-order valence-corrected chi connectivity index (χ0v) is 11.2. The fourth-order valence-electron chi connectivity index (χ4n) is 2.18. The van der Waals surface area contributed by atoms with Crippen molar-refractivity contribution in [1.82, 2.24) is 19.3 Å². The van der Waals surface area contributed by atoms with Crippen molar-refractivity contribution < 1.29 is 5.11 Å². The maximum absolute atomic E-state index is 10.4. The SMILES string of the molecule is CCn1ccnc1C(O)c1ccn(-c2ccccc2)n1. The molecule has 0 aliphatic rings. The van der Waals surface area contributed by atoms with Gasteiger partial charge in [-0.3, -0.25) is 0 Å². The molecular formula is C15H16N4O. The highest BCUT2D eigenvalue weighted by Gasteiger charge is 2.18. The van der Waals surface area contributed by atoms with Gasteiger partial charge in [-0.15, -0.1) is 0 Å². The summed E-state index contributed by atoms with van der Waals surface area (Å²) in [4.78, 5) is 4.21. The summed E-state index contributed by atoms with van der Waals surface area (Å²) in [5, 5.41) is 14.8. The van der Waals surface area contributed by atoms with Gasteiger partial charge in [-0.25, -0.2) is 9.67 Å². The monoisotopic (exact) mass is 268 g/mol. The van der Waals surface area contributed by atoms with Gasteiger partial charge in [0, 0.05) is 25.1 Å². The highest BCUT2D eigenvalue weighted by atomic mass is 16.3. The lowest BCUT2D eigenvalue weighted by molar-refractivity contribution is 0.199. The van der Waals surface area contributed by atoms with Crippen molar-refractivity contribution in [3.8, 4) is 5.69 Å². The second-order valence-corrected chi connectivity index (χ2v) is 4.49. The van der Waals surface area contributed by atoms with E-state index in [0.717, 1.165) is 12.2 Å². The molecule has 2 aromatic heterocycles. The highest BCUT2D eigenvalue weighted by Crippen LogP contribution is 2.19. The largest absolute Gasteiger partial charge is 0.379 e. The van der Waals surface area contributed by atoms with Crippen LogP contribution < -0.4 is 0 Å². The first-order valence-corrected chi connectivity index (χ1v) is 6.59. The van der Waals surface area contributed by atoms with Crippen molar-refractivity contribution in [3.63, 3.8) is 0 Å². The summed E-state index contributed by atoms with van der Waals surface area (Å²) in [5.74, 6) is 0.616. The van der Waals surface area contributed by atoms with E-state index in [1.165, 1.54) is 0 Å². The van der Waals surface area contributed by atoms with Crippen LogP contribution in [0.2, 0.25) is 0 Å². The molecule has 2 heterocycles. The molecule has 1 aromatic carbocycles. The van der Waals surface area contributed by atoms with Gasteiger partial charge in [-0.05, 0) is 25.1 Å². The number of aryl methyl sites for hydroxylation is 1. The number of para-hydroxylation sites is 1. The molecule has 0 aliphatic carbocycles. The molecule has 20 heavy (non-hydrogen) atoms. The topological polar surface area (TPSA) is 55.9 Å². The van der Waals surface area contributed by atoms with Crippen LogP contribution in [0, 0.1) is 0 Å². The smallest absolute Gasteiger partial charge is 0.155 e. The number of aromatic nitrogens is 4. The molecule has 0 amide bonds. The Balaban J connectivity index is 1.91. The molecule has 0 saturated heterocycles. The van der Waals surface area contributed by atoms with E-state index in [4.69, 9.17) is 0 Å². The molecule has 0 bridgehead atoms. The van der Waals surface area contributed by atoms with E-state index in [2.05, 4.69) is 10.1 Å².